The number of hydrogen-bond acceptors (Lipinski definition) is 4. The number of allylic oxidation sites excluding steroid dienone is 5. The monoisotopic (exact) mass is 788 g/mol. The topological polar surface area (TPSA) is 89.8 Å². The molecule has 5 nitrogen and oxygen atoms in total. The zero-order valence-electron chi connectivity index (χ0n) is 37.5. The quantitative estimate of drug-likeness (QED) is 0.0365. The van der Waals surface area contributed by atoms with E-state index >= 15 is 0 Å². The van der Waals surface area contributed by atoms with Gasteiger partial charge >= 0.3 is 0 Å². The highest BCUT2D eigenvalue weighted by Crippen LogP contribution is 2.17. The highest BCUT2D eigenvalue weighted by molar-refractivity contribution is 5.76. The van der Waals surface area contributed by atoms with E-state index in [1.165, 1.54) is 193 Å². The van der Waals surface area contributed by atoms with E-state index in [1.54, 1.807) is 6.08 Å². The number of aliphatic hydroxyl groups is 3. The Morgan fingerprint density at radius 2 is 0.768 bits per heavy atom. The molecule has 3 unspecified atom stereocenters. The summed E-state index contributed by atoms with van der Waals surface area (Å²) < 4.78 is 0. The average molecular weight is 788 g/mol. The van der Waals surface area contributed by atoms with E-state index in [-0.39, 0.29) is 18.9 Å². The van der Waals surface area contributed by atoms with Crippen LogP contribution in [0.5, 0.6) is 0 Å². The standard InChI is InChI=1S/C51H97NO4/c1-3-5-7-9-11-13-15-17-19-21-22-23-24-25-26-27-28-29-30-32-34-36-38-40-42-44-48(54)46-51(56)52-49(47-53)50(55)45-43-41-39-37-35-33-31-20-18-16-14-12-10-8-6-4-2/h18,20,35,37,43,45,48-50,53-55H,3-17,19,21-34,36,38-42,44,46-47H2,1-2H3,(H,52,56)/b20-18+,37-35+,45-43+. The van der Waals surface area contributed by atoms with Crippen molar-refractivity contribution in [1.29, 1.82) is 0 Å². The summed E-state index contributed by atoms with van der Waals surface area (Å²) in [5.74, 6) is -0.326. The summed E-state index contributed by atoms with van der Waals surface area (Å²) >= 11 is 0. The highest BCUT2D eigenvalue weighted by Gasteiger charge is 2.20. The van der Waals surface area contributed by atoms with Gasteiger partial charge in [0, 0.05) is 0 Å². The Kier molecular flexibility index (Phi) is 45.1. The zero-order valence-corrected chi connectivity index (χ0v) is 37.5. The summed E-state index contributed by atoms with van der Waals surface area (Å²) in [6.45, 7) is 4.20. The van der Waals surface area contributed by atoms with Crippen molar-refractivity contribution in [3.05, 3.63) is 36.5 Å². The molecule has 0 radical (unpaired) electrons. The van der Waals surface area contributed by atoms with Gasteiger partial charge in [-0.05, 0) is 44.9 Å². The van der Waals surface area contributed by atoms with Gasteiger partial charge < -0.3 is 20.6 Å². The first-order chi connectivity index (χ1) is 27.5. The molecule has 0 saturated heterocycles. The summed E-state index contributed by atoms with van der Waals surface area (Å²) in [5, 5.41) is 33.3. The molecule has 0 aliphatic carbocycles. The predicted octanol–water partition coefficient (Wildman–Crippen LogP) is 14.7. The molecule has 5 heteroatoms. The van der Waals surface area contributed by atoms with Gasteiger partial charge in [-0.25, -0.2) is 0 Å². The van der Waals surface area contributed by atoms with Crippen LogP contribution in [0.3, 0.4) is 0 Å². The van der Waals surface area contributed by atoms with Crippen LogP contribution in [0.15, 0.2) is 36.5 Å². The summed E-state index contributed by atoms with van der Waals surface area (Å²) in [5.41, 5.74) is 0. The molecule has 330 valence electrons. The highest BCUT2D eigenvalue weighted by atomic mass is 16.3. The van der Waals surface area contributed by atoms with Crippen molar-refractivity contribution in [2.45, 2.75) is 276 Å². The second kappa shape index (κ2) is 46.3. The molecule has 0 aliphatic rings. The van der Waals surface area contributed by atoms with Gasteiger partial charge in [-0.3, -0.25) is 4.79 Å². The van der Waals surface area contributed by atoms with Crippen molar-refractivity contribution in [2.75, 3.05) is 6.61 Å². The number of rotatable bonds is 45. The molecule has 1 amide bonds. The molecular formula is C51H97NO4. The minimum absolute atomic E-state index is 0.00532. The van der Waals surface area contributed by atoms with Crippen LogP contribution in [0.4, 0.5) is 0 Å². The first-order valence-corrected chi connectivity index (χ1v) is 24.8. The van der Waals surface area contributed by atoms with Crippen LogP contribution in [0.1, 0.15) is 258 Å². The number of carbonyl (C=O) groups excluding carboxylic acids is 1. The number of carbonyl (C=O) groups is 1. The smallest absolute Gasteiger partial charge is 0.222 e. The average Bonchev–Trinajstić information content (AvgIpc) is 3.19. The number of nitrogens with one attached hydrogen (secondary N) is 1. The number of amides is 1. The molecule has 56 heavy (non-hydrogen) atoms. The maximum absolute atomic E-state index is 12.5. The Bertz CT molecular complexity index is 870. The molecular weight excluding hydrogens is 691 g/mol. The fourth-order valence-corrected chi connectivity index (χ4v) is 7.61. The van der Waals surface area contributed by atoms with Crippen molar-refractivity contribution < 1.29 is 20.1 Å². The minimum atomic E-state index is -0.958. The fourth-order valence-electron chi connectivity index (χ4n) is 7.61. The normalized spacial score (nSPS) is 13.7. The number of aliphatic hydroxyl groups excluding tert-OH is 3. The van der Waals surface area contributed by atoms with Crippen LogP contribution in [-0.4, -0.2) is 46.1 Å². The van der Waals surface area contributed by atoms with Crippen LogP contribution >= 0.6 is 0 Å². The van der Waals surface area contributed by atoms with E-state index in [4.69, 9.17) is 0 Å². The third-order valence-electron chi connectivity index (χ3n) is 11.4. The lowest BCUT2D eigenvalue weighted by atomic mass is 10.0. The molecule has 4 N–H and O–H groups in total. The predicted molar refractivity (Wildman–Crippen MR) is 245 cm³/mol. The Hall–Kier alpha value is -1.43. The lowest BCUT2D eigenvalue weighted by Crippen LogP contribution is -2.45. The van der Waals surface area contributed by atoms with E-state index in [0.717, 1.165) is 38.5 Å². The van der Waals surface area contributed by atoms with Gasteiger partial charge in [0.25, 0.3) is 0 Å². The SMILES string of the molecule is CCCCCCCC/C=C/CC/C=C/CC/C=C/C(O)C(CO)NC(=O)CC(O)CCCCCCCCCCCCCCCCCCCCCCCCCCC. The van der Waals surface area contributed by atoms with Gasteiger partial charge in [-0.15, -0.1) is 0 Å². The van der Waals surface area contributed by atoms with Crippen LogP contribution in [-0.2, 0) is 4.79 Å². The third kappa shape index (κ3) is 42.2. The van der Waals surface area contributed by atoms with E-state index in [0.29, 0.717) is 6.42 Å². The molecule has 0 spiro atoms. The van der Waals surface area contributed by atoms with Crippen LogP contribution in [0.25, 0.3) is 0 Å². The Labute approximate surface area is 349 Å². The maximum atomic E-state index is 12.5. The zero-order chi connectivity index (χ0) is 40.8. The molecule has 0 aromatic carbocycles. The van der Waals surface area contributed by atoms with Crippen molar-refractivity contribution >= 4 is 5.91 Å². The Morgan fingerprint density at radius 1 is 0.446 bits per heavy atom. The molecule has 3 atom stereocenters. The summed E-state index contributed by atoms with van der Waals surface area (Å²) in [6, 6.07) is -0.765. The molecule has 0 rings (SSSR count). The Balaban J connectivity index is 3.61. The lowest BCUT2D eigenvalue weighted by molar-refractivity contribution is -0.124. The van der Waals surface area contributed by atoms with E-state index in [2.05, 4.69) is 43.5 Å². The largest absolute Gasteiger partial charge is 0.394 e. The number of unbranched alkanes of at least 4 members (excludes halogenated alkanes) is 32. The van der Waals surface area contributed by atoms with Gasteiger partial charge in [0.1, 0.15) is 0 Å². The fraction of sp³-hybridized carbons (Fsp3) is 0.863. The second-order valence-corrected chi connectivity index (χ2v) is 17.1. The molecule has 0 aromatic heterocycles. The lowest BCUT2D eigenvalue weighted by Gasteiger charge is -2.21. The first-order valence-electron chi connectivity index (χ1n) is 24.8. The van der Waals surface area contributed by atoms with Crippen molar-refractivity contribution in [2.24, 2.45) is 0 Å². The van der Waals surface area contributed by atoms with E-state index < -0.39 is 18.2 Å². The van der Waals surface area contributed by atoms with Crippen LogP contribution in [0.2, 0.25) is 0 Å². The first kappa shape index (κ1) is 54.6. The number of hydrogen-bond donors (Lipinski definition) is 4. The minimum Gasteiger partial charge on any atom is -0.394 e. The molecule has 0 heterocycles. The van der Waals surface area contributed by atoms with Gasteiger partial charge in [0.05, 0.1) is 31.3 Å². The van der Waals surface area contributed by atoms with E-state index in [1.807, 2.05) is 6.08 Å². The van der Waals surface area contributed by atoms with Crippen LogP contribution < -0.4 is 5.32 Å². The molecule has 0 bridgehead atoms. The van der Waals surface area contributed by atoms with Gasteiger partial charge in [-0.2, -0.15) is 0 Å². The van der Waals surface area contributed by atoms with Gasteiger partial charge in [-0.1, -0.05) is 243 Å². The third-order valence-corrected chi connectivity index (χ3v) is 11.4. The summed E-state index contributed by atoms with van der Waals surface area (Å²) in [7, 11) is 0. The molecule has 0 aromatic rings. The summed E-state index contributed by atoms with van der Waals surface area (Å²) in [6.07, 6.45) is 58.8. The molecule has 0 saturated carbocycles. The Morgan fingerprint density at radius 3 is 1.14 bits per heavy atom. The molecule has 0 fully saturated rings. The maximum Gasteiger partial charge on any atom is 0.222 e. The van der Waals surface area contributed by atoms with E-state index in [9.17, 15) is 20.1 Å². The second-order valence-electron chi connectivity index (χ2n) is 17.1. The molecule has 0 aliphatic heterocycles. The van der Waals surface area contributed by atoms with Crippen LogP contribution in [0, 0.1) is 0 Å². The van der Waals surface area contributed by atoms with Crippen molar-refractivity contribution in [1.82, 2.24) is 5.32 Å². The van der Waals surface area contributed by atoms with Gasteiger partial charge in [0.15, 0.2) is 0 Å². The van der Waals surface area contributed by atoms with Gasteiger partial charge in [0.2, 0.25) is 5.91 Å². The van der Waals surface area contributed by atoms with Crippen molar-refractivity contribution in [3.8, 4) is 0 Å². The van der Waals surface area contributed by atoms with Crippen molar-refractivity contribution in [3.63, 3.8) is 0 Å². The summed E-state index contributed by atoms with van der Waals surface area (Å²) in [4.78, 5) is 12.5.